The molecule has 2 aromatic heterocycles. The maximum absolute atomic E-state index is 13.6. The zero-order valence-corrected chi connectivity index (χ0v) is 21.3. The van der Waals surface area contributed by atoms with Gasteiger partial charge in [-0.2, -0.15) is 0 Å². The molecule has 0 spiro atoms. The number of fused-ring (bicyclic) bond motifs is 1. The first-order valence-corrected chi connectivity index (χ1v) is 13.3. The van der Waals surface area contributed by atoms with E-state index < -0.39 is 0 Å². The van der Waals surface area contributed by atoms with Crippen molar-refractivity contribution in [1.82, 2.24) is 14.3 Å². The number of thioether (sulfide) groups is 1. The number of hydrogen-bond acceptors (Lipinski definition) is 6. The topological polar surface area (TPSA) is 66.7 Å². The first kappa shape index (κ1) is 23.8. The Morgan fingerprint density at radius 3 is 2.66 bits per heavy atom. The second kappa shape index (κ2) is 10.3. The SMILES string of the molecule is Cc1ccc2nc(NCCc3ccccc3)c(C=C3SC(=S)N(C4CCCCC4)C3=O)c(=O)n2c1. The number of hydrogen-bond donors (Lipinski definition) is 1. The normalized spacial score (nSPS) is 18.1. The minimum atomic E-state index is -0.205. The van der Waals surface area contributed by atoms with E-state index in [-0.39, 0.29) is 17.5 Å². The molecule has 3 heterocycles. The zero-order valence-electron chi connectivity index (χ0n) is 19.7. The van der Waals surface area contributed by atoms with Gasteiger partial charge < -0.3 is 5.32 Å². The summed E-state index contributed by atoms with van der Waals surface area (Å²) >= 11 is 6.87. The summed E-state index contributed by atoms with van der Waals surface area (Å²) in [4.78, 5) is 33.9. The molecule has 8 heteroatoms. The molecule has 0 atom stereocenters. The van der Waals surface area contributed by atoms with Gasteiger partial charge in [-0.3, -0.25) is 18.9 Å². The summed E-state index contributed by atoms with van der Waals surface area (Å²) in [5.74, 6) is 0.383. The predicted molar refractivity (Wildman–Crippen MR) is 147 cm³/mol. The van der Waals surface area contributed by atoms with Crippen molar-refractivity contribution in [2.24, 2.45) is 0 Å². The van der Waals surface area contributed by atoms with Crippen molar-refractivity contribution in [3.05, 3.63) is 80.6 Å². The van der Waals surface area contributed by atoms with Crippen LogP contribution < -0.4 is 10.9 Å². The number of nitrogens with zero attached hydrogens (tertiary/aromatic N) is 3. The minimum absolute atomic E-state index is 0.101. The fourth-order valence-electron chi connectivity index (χ4n) is 4.76. The quantitative estimate of drug-likeness (QED) is 0.368. The second-order valence-corrected chi connectivity index (χ2v) is 10.8. The average molecular weight is 505 g/mol. The summed E-state index contributed by atoms with van der Waals surface area (Å²) in [6, 6.07) is 14.1. The lowest BCUT2D eigenvalue weighted by atomic mass is 9.94. The van der Waals surface area contributed by atoms with Crippen molar-refractivity contribution in [1.29, 1.82) is 0 Å². The van der Waals surface area contributed by atoms with E-state index in [1.807, 2.05) is 37.3 Å². The number of aromatic nitrogens is 2. The molecule has 1 saturated carbocycles. The van der Waals surface area contributed by atoms with Crippen LogP contribution in [0.4, 0.5) is 5.82 Å². The fourth-order valence-corrected chi connectivity index (χ4v) is 6.14. The van der Waals surface area contributed by atoms with Crippen LogP contribution in [0.5, 0.6) is 0 Å². The van der Waals surface area contributed by atoms with Gasteiger partial charge in [0.2, 0.25) is 0 Å². The molecule has 180 valence electrons. The van der Waals surface area contributed by atoms with E-state index in [4.69, 9.17) is 17.2 Å². The lowest BCUT2D eigenvalue weighted by Gasteiger charge is -2.29. The number of carbonyl (C=O) groups is 1. The van der Waals surface area contributed by atoms with Crippen LogP contribution in [0.2, 0.25) is 0 Å². The monoisotopic (exact) mass is 504 g/mol. The highest BCUT2D eigenvalue weighted by Crippen LogP contribution is 2.37. The maximum Gasteiger partial charge on any atom is 0.267 e. The third-order valence-electron chi connectivity index (χ3n) is 6.59. The predicted octanol–water partition coefficient (Wildman–Crippen LogP) is 5.19. The lowest BCUT2D eigenvalue weighted by Crippen LogP contribution is -2.39. The highest BCUT2D eigenvalue weighted by molar-refractivity contribution is 8.26. The second-order valence-electron chi connectivity index (χ2n) is 9.12. The highest BCUT2D eigenvalue weighted by Gasteiger charge is 2.37. The van der Waals surface area contributed by atoms with Crippen molar-refractivity contribution in [3.63, 3.8) is 0 Å². The molecule has 6 nitrogen and oxygen atoms in total. The van der Waals surface area contributed by atoms with Crippen molar-refractivity contribution < 1.29 is 4.79 Å². The zero-order chi connectivity index (χ0) is 24.4. The molecule has 2 fully saturated rings. The summed E-state index contributed by atoms with van der Waals surface area (Å²) < 4.78 is 2.13. The van der Waals surface area contributed by atoms with Gasteiger partial charge in [0.05, 0.1) is 10.5 Å². The molecule has 1 N–H and O–H groups in total. The van der Waals surface area contributed by atoms with Crippen molar-refractivity contribution in [2.75, 3.05) is 11.9 Å². The Balaban J connectivity index is 1.49. The van der Waals surface area contributed by atoms with E-state index in [9.17, 15) is 9.59 Å². The Morgan fingerprint density at radius 2 is 1.89 bits per heavy atom. The third kappa shape index (κ3) is 5.04. The molecule has 1 aromatic carbocycles. The molecule has 3 aromatic rings. The first-order chi connectivity index (χ1) is 17.0. The molecule has 0 bridgehead atoms. The number of thiocarbonyl (C=S) groups is 1. The molecule has 35 heavy (non-hydrogen) atoms. The van der Waals surface area contributed by atoms with Gasteiger partial charge in [-0.05, 0) is 49.5 Å². The number of aryl methyl sites for hydroxylation is 1. The van der Waals surface area contributed by atoms with Crippen LogP contribution in [0.3, 0.4) is 0 Å². The van der Waals surface area contributed by atoms with E-state index in [0.717, 1.165) is 37.7 Å². The minimum Gasteiger partial charge on any atom is -0.369 e. The van der Waals surface area contributed by atoms with Crippen molar-refractivity contribution in [3.8, 4) is 0 Å². The Labute approximate surface area is 214 Å². The summed E-state index contributed by atoms with van der Waals surface area (Å²) in [6.07, 6.45) is 9.64. The number of carbonyl (C=O) groups excluding carboxylic acids is 1. The van der Waals surface area contributed by atoms with E-state index in [1.165, 1.54) is 23.7 Å². The van der Waals surface area contributed by atoms with Crippen molar-refractivity contribution in [2.45, 2.75) is 51.5 Å². The van der Waals surface area contributed by atoms with Gasteiger partial charge in [0, 0.05) is 18.8 Å². The fraction of sp³-hybridized carbons (Fsp3) is 0.333. The maximum atomic E-state index is 13.6. The van der Waals surface area contributed by atoms with Crippen LogP contribution in [-0.2, 0) is 11.2 Å². The van der Waals surface area contributed by atoms with Gasteiger partial charge >= 0.3 is 0 Å². The molecule has 0 unspecified atom stereocenters. The first-order valence-electron chi connectivity index (χ1n) is 12.1. The third-order valence-corrected chi connectivity index (χ3v) is 7.92. The van der Waals surface area contributed by atoms with E-state index in [2.05, 4.69) is 17.4 Å². The Bertz CT molecular complexity index is 1360. The molecule has 1 amide bonds. The van der Waals surface area contributed by atoms with Crippen LogP contribution >= 0.6 is 24.0 Å². The van der Waals surface area contributed by atoms with E-state index in [1.54, 1.807) is 21.6 Å². The van der Waals surface area contributed by atoms with Gasteiger partial charge in [-0.15, -0.1) is 0 Å². The molecule has 5 rings (SSSR count). The molecule has 1 aliphatic carbocycles. The molecular formula is C27H28N4O2S2. The molecule has 0 radical (unpaired) electrons. The molecule has 2 aliphatic rings. The number of benzene rings is 1. The smallest absolute Gasteiger partial charge is 0.267 e. The number of anilines is 1. The molecule has 1 saturated heterocycles. The summed E-state index contributed by atoms with van der Waals surface area (Å²) in [5, 5.41) is 3.35. The Hall–Kier alpha value is -2.97. The van der Waals surface area contributed by atoms with Crippen LogP contribution in [-0.4, -0.2) is 37.1 Å². The van der Waals surface area contributed by atoms with Crippen LogP contribution in [0, 0.1) is 6.92 Å². The summed E-state index contributed by atoms with van der Waals surface area (Å²) in [7, 11) is 0. The largest absolute Gasteiger partial charge is 0.369 e. The Morgan fingerprint density at radius 1 is 1.11 bits per heavy atom. The Kier molecular flexibility index (Phi) is 7.02. The number of amides is 1. The van der Waals surface area contributed by atoms with Gasteiger partial charge in [0.15, 0.2) is 0 Å². The van der Waals surface area contributed by atoms with Crippen molar-refractivity contribution >= 4 is 51.7 Å². The summed E-state index contributed by atoms with van der Waals surface area (Å²) in [5.41, 5.74) is 2.90. The van der Waals surface area contributed by atoms with Gasteiger partial charge in [0.1, 0.15) is 15.8 Å². The standard InChI is InChI=1S/C27H28N4O2S2/c1-18-12-13-23-29-24(28-15-14-19-8-4-2-5-9-19)21(25(32)30(23)17-18)16-22-26(33)31(27(34)35-22)20-10-6-3-7-11-20/h2,4-5,8-9,12-13,16-17,20,28H,3,6-7,10-11,14-15H2,1H3. The van der Waals surface area contributed by atoms with E-state index >= 15 is 0 Å². The van der Waals surface area contributed by atoms with Gasteiger partial charge in [0.25, 0.3) is 11.5 Å². The van der Waals surface area contributed by atoms with E-state index in [0.29, 0.717) is 32.8 Å². The van der Waals surface area contributed by atoms with Crippen LogP contribution in [0.15, 0.2) is 58.4 Å². The lowest BCUT2D eigenvalue weighted by molar-refractivity contribution is -0.124. The average Bonchev–Trinajstić information content (AvgIpc) is 3.15. The van der Waals surface area contributed by atoms with Gasteiger partial charge in [-0.1, -0.05) is 79.6 Å². The van der Waals surface area contributed by atoms with Crippen LogP contribution in [0.1, 0.15) is 48.8 Å². The van der Waals surface area contributed by atoms with Crippen LogP contribution in [0.25, 0.3) is 11.7 Å². The van der Waals surface area contributed by atoms with Gasteiger partial charge in [-0.25, -0.2) is 4.98 Å². The summed E-state index contributed by atoms with van der Waals surface area (Å²) in [6.45, 7) is 2.55. The number of pyridine rings is 1. The molecular weight excluding hydrogens is 476 g/mol. The number of nitrogens with one attached hydrogen (secondary N) is 1. The number of rotatable bonds is 6. The highest BCUT2D eigenvalue weighted by atomic mass is 32.2. The molecule has 1 aliphatic heterocycles.